The predicted molar refractivity (Wildman–Crippen MR) is 88.0 cm³/mol. The van der Waals surface area contributed by atoms with Crippen molar-refractivity contribution in [2.24, 2.45) is 5.92 Å². The van der Waals surface area contributed by atoms with Crippen LogP contribution in [-0.4, -0.2) is 49.7 Å². The first-order valence-corrected chi connectivity index (χ1v) is 8.86. The fraction of sp³-hybridized carbons (Fsp3) is 0.579. The number of rotatable bonds is 1. The van der Waals surface area contributed by atoms with Crippen LogP contribution in [-0.2, 0) is 21.4 Å². The van der Waals surface area contributed by atoms with Gasteiger partial charge in [-0.05, 0) is 30.9 Å². The van der Waals surface area contributed by atoms with Gasteiger partial charge in [0.05, 0.1) is 20.1 Å². The third kappa shape index (κ3) is 1.65. The summed E-state index contributed by atoms with van der Waals surface area (Å²) in [6.45, 7) is 0.594. The number of methoxy groups -OCH3 is 2. The monoisotopic (exact) mass is 343 g/mol. The molecular formula is C19H21NO5. The Balaban J connectivity index is 1.74. The van der Waals surface area contributed by atoms with E-state index >= 15 is 0 Å². The zero-order valence-corrected chi connectivity index (χ0v) is 14.4. The quantitative estimate of drug-likeness (QED) is 0.781. The smallest absolute Gasteiger partial charge is 0.409 e. The van der Waals surface area contributed by atoms with Gasteiger partial charge in [-0.3, -0.25) is 4.79 Å². The second-order valence-corrected chi connectivity index (χ2v) is 7.45. The maximum absolute atomic E-state index is 13.0. The number of piperidine rings is 1. The van der Waals surface area contributed by atoms with Crippen LogP contribution in [0.5, 0.6) is 11.5 Å². The first-order chi connectivity index (χ1) is 12.1. The number of ketones is 1. The number of hydrogen-bond donors (Lipinski definition) is 0. The van der Waals surface area contributed by atoms with Crippen LogP contribution in [0.1, 0.15) is 30.4 Å². The standard InChI is InChI=1S/C19H21NO5/c1-23-13-5-3-10-9-11-16-12(21)4-6-14-19(16,15(10)17(13)25-14)7-8-20(11)18(22)24-2/h3,5,11,14,16H,4,6-9H2,1-2H3/t11?,14-,16-,19?/m0/s1. The highest BCUT2D eigenvalue weighted by atomic mass is 16.5. The molecule has 0 N–H and O–H groups in total. The molecule has 4 atom stereocenters. The third-order valence-corrected chi connectivity index (χ3v) is 6.67. The number of likely N-dealkylation sites (tertiary alicyclic amines) is 1. The van der Waals surface area contributed by atoms with E-state index in [4.69, 9.17) is 14.2 Å². The number of benzene rings is 1. The lowest BCUT2D eigenvalue weighted by Crippen LogP contribution is -2.67. The van der Waals surface area contributed by atoms with Gasteiger partial charge in [0.1, 0.15) is 11.9 Å². The topological polar surface area (TPSA) is 65.1 Å². The molecule has 1 aromatic carbocycles. The highest BCUT2D eigenvalue weighted by Gasteiger charge is 2.66. The van der Waals surface area contributed by atoms with E-state index in [0.29, 0.717) is 19.4 Å². The van der Waals surface area contributed by atoms with E-state index in [1.807, 2.05) is 6.07 Å². The lowest BCUT2D eigenvalue weighted by Gasteiger charge is -2.56. The van der Waals surface area contributed by atoms with Crippen molar-refractivity contribution in [1.29, 1.82) is 0 Å². The molecule has 2 unspecified atom stereocenters. The summed E-state index contributed by atoms with van der Waals surface area (Å²) in [6.07, 6.45) is 2.28. The van der Waals surface area contributed by atoms with Crippen LogP contribution < -0.4 is 9.47 Å². The van der Waals surface area contributed by atoms with Crippen LogP contribution in [0.4, 0.5) is 4.79 Å². The summed E-state index contributed by atoms with van der Waals surface area (Å²) in [4.78, 5) is 27.0. The largest absolute Gasteiger partial charge is 0.493 e. The number of Topliss-reactive ketones (excluding diaryl/α,β-unsaturated/α-hetero) is 1. The van der Waals surface area contributed by atoms with Crippen LogP contribution in [0.3, 0.4) is 0 Å². The van der Waals surface area contributed by atoms with Gasteiger partial charge in [0, 0.05) is 30.0 Å². The lowest BCUT2D eigenvalue weighted by molar-refractivity contribution is -0.139. The molecule has 2 aliphatic carbocycles. The van der Waals surface area contributed by atoms with Crippen molar-refractivity contribution >= 4 is 11.9 Å². The summed E-state index contributed by atoms with van der Waals surface area (Å²) in [5, 5.41) is 0. The van der Waals surface area contributed by atoms with Gasteiger partial charge in [-0.25, -0.2) is 4.79 Å². The van der Waals surface area contributed by atoms with E-state index in [9.17, 15) is 9.59 Å². The van der Waals surface area contributed by atoms with Crippen molar-refractivity contribution in [2.45, 2.75) is 43.2 Å². The molecular weight excluding hydrogens is 322 g/mol. The maximum Gasteiger partial charge on any atom is 0.409 e. The van der Waals surface area contributed by atoms with Crippen molar-refractivity contribution in [2.75, 3.05) is 20.8 Å². The molecule has 2 heterocycles. The first-order valence-electron chi connectivity index (χ1n) is 8.86. The molecule has 4 aliphatic rings. The Morgan fingerprint density at radius 1 is 1.36 bits per heavy atom. The molecule has 0 radical (unpaired) electrons. The van der Waals surface area contributed by atoms with Crippen molar-refractivity contribution < 1.29 is 23.8 Å². The molecule has 1 saturated heterocycles. The SMILES string of the molecule is COC(=O)N1CCC23c4c5ccc(OC)c4O[C@H]2CCC(=O)[C@@H]3C1C5. The maximum atomic E-state index is 13.0. The minimum Gasteiger partial charge on any atom is -0.493 e. The van der Waals surface area contributed by atoms with Crippen molar-refractivity contribution in [3.05, 3.63) is 23.3 Å². The summed E-state index contributed by atoms with van der Waals surface area (Å²) in [5.41, 5.74) is 2.01. The van der Waals surface area contributed by atoms with Gasteiger partial charge in [0.15, 0.2) is 11.5 Å². The van der Waals surface area contributed by atoms with Crippen molar-refractivity contribution in [3.63, 3.8) is 0 Å². The molecule has 2 fully saturated rings. The molecule has 25 heavy (non-hydrogen) atoms. The number of hydrogen-bond acceptors (Lipinski definition) is 5. The third-order valence-electron chi connectivity index (χ3n) is 6.67. The fourth-order valence-corrected chi connectivity index (χ4v) is 5.81. The average molecular weight is 343 g/mol. The van der Waals surface area contributed by atoms with Crippen LogP contribution >= 0.6 is 0 Å². The summed E-state index contributed by atoms with van der Waals surface area (Å²) in [5.74, 6) is 1.59. The Morgan fingerprint density at radius 3 is 2.96 bits per heavy atom. The second-order valence-electron chi connectivity index (χ2n) is 7.45. The molecule has 5 rings (SSSR count). The Hall–Kier alpha value is -2.24. The van der Waals surface area contributed by atoms with E-state index < -0.39 is 0 Å². The van der Waals surface area contributed by atoms with Gasteiger partial charge < -0.3 is 19.1 Å². The zero-order chi connectivity index (χ0) is 17.3. The van der Waals surface area contributed by atoms with Gasteiger partial charge in [0.2, 0.25) is 0 Å². The molecule has 2 aliphatic heterocycles. The molecule has 0 aromatic heterocycles. The molecule has 1 spiro atoms. The summed E-state index contributed by atoms with van der Waals surface area (Å²) in [6, 6.07) is 3.85. The number of carbonyl (C=O) groups is 2. The predicted octanol–water partition coefficient (Wildman–Crippen LogP) is 2.07. The van der Waals surface area contributed by atoms with E-state index in [2.05, 4.69) is 6.07 Å². The molecule has 1 saturated carbocycles. The number of ether oxygens (including phenoxy) is 3. The van der Waals surface area contributed by atoms with Gasteiger partial charge in [-0.1, -0.05) is 6.07 Å². The van der Waals surface area contributed by atoms with Gasteiger partial charge in [0.25, 0.3) is 0 Å². The van der Waals surface area contributed by atoms with Gasteiger partial charge in [-0.2, -0.15) is 0 Å². The van der Waals surface area contributed by atoms with E-state index in [0.717, 1.165) is 29.9 Å². The van der Waals surface area contributed by atoms with Crippen molar-refractivity contribution in [3.8, 4) is 11.5 Å². The number of nitrogens with zero attached hydrogens (tertiary/aromatic N) is 1. The second kappa shape index (κ2) is 4.90. The molecule has 6 nitrogen and oxygen atoms in total. The summed E-state index contributed by atoms with van der Waals surface area (Å²) >= 11 is 0. The lowest BCUT2D eigenvalue weighted by atomic mass is 9.51. The van der Waals surface area contributed by atoms with Crippen LogP contribution in [0.25, 0.3) is 0 Å². The summed E-state index contributed by atoms with van der Waals surface area (Å²) in [7, 11) is 3.05. The molecule has 6 heteroatoms. The normalized spacial score (nSPS) is 34.2. The van der Waals surface area contributed by atoms with Crippen molar-refractivity contribution in [1.82, 2.24) is 4.90 Å². The Morgan fingerprint density at radius 2 is 2.20 bits per heavy atom. The molecule has 1 aromatic rings. The first kappa shape index (κ1) is 15.0. The minimum atomic E-state index is -0.342. The number of amides is 1. The van der Waals surface area contributed by atoms with Gasteiger partial charge in [-0.15, -0.1) is 0 Å². The molecule has 1 amide bonds. The Labute approximate surface area is 146 Å². The van der Waals surface area contributed by atoms with E-state index in [1.54, 1.807) is 12.0 Å². The molecule has 132 valence electrons. The molecule has 2 bridgehead atoms. The van der Waals surface area contributed by atoms with E-state index in [1.165, 1.54) is 12.7 Å². The van der Waals surface area contributed by atoms with Crippen LogP contribution in [0, 0.1) is 5.92 Å². The summed E-state index contributed by atoms with van der Waals surface area (Å²) < 4.78 is 16.9. The average Bonchev–Trinajstić information content (AvgIpc) is 2.95. The minimum absolute atomic E-state index is 0.0113. The fourth-order valence-electron chi connectivity index (χ4n) is 5.81. The highest BCUT2D eigenvalue weighted by molar-refractivity contribution is 5.88. The number of carbonyl (C=O) groups excluding carboxylic acids is 2. The van der Waals surface area contributed by atoms with Crippen LogP contribution in [0.2, 0.25) is 0 Å². The zero-order valence-electron chi connectivity index (χ0n) is 14.4. The Bertz CT molecular complexity index is 790. The van der Waals surface area contributed by atoms with Crippen LogP contribution in [0.15, 0.2) is 12.1 Å². The van der Waals surface area contributed by atoms with Gasteiger partial charge >= 0.3 is 6.09 Å². The highest BCUT2D eigenvalue weighted by Crippen LogP contribution is 2.63. The Kier molecular flexibility index (Phi) is 2.95. The van der Waals surface area contributed by atoms with E-state index in [-0.39, 0.29) is 35.4 Å².